The van der Waals surface area contributed by atoms with Gasteiger partial charge in [0.25, 0.3) is 5.91 Å². The number of hydrogen-bond acceptors (Lipinski definition) is 3. The van der Waals surface area contributed by atoms with Crippen LogP contribution >= 0.6 is 0 Å². The Labute approximate surface area is 168 Å². The predicted octanol–water partition coefficient (Wildman–Crippen LogP) is 5.10. The van der Waals surface area contributed by atoms with Crippen LogP contribution < -0.4 is 9.64 Å². The van der Waals surface area contributed by atoms with Gasteiger partial charge in [-0.2, -0.15) is 0 Å². The fourth-order valence-corrected chi connectivity index (χ4v) is 3.70. The standard InChI is InChI=1S/C24H19N3O2/c1-15-10-12-16(13-11-15)14-17-22-20(8-5-9-21(22)29-2)27(23(17)28)24-25-18-6-3-4-7-19(18)26-24/h3-14H,1-2H3,(H,25,26). The van der Waals surface area contributed by atoms with Gasteiger partial charge in [-0.15, -0.1) is 0 Å². The van der Waals surface area contributed by atoms with Crippen LogP contribution in [0, 0.1) is 6.92 Å². The Kier molecular flexibility index (Phi) is 3.95. The van der Waals surface area contributed by atoms with E-state index in [1.165, 1.54) is 5.56 Å². The largest absolute Gasteiger partial charge is 0.496 e. The highest BCUT2D eigenvalue weighted by Crippen LogP contribution is 2.46. The lowest BCUT2D eigenvalue weighted by molar-refractivity contribution is -0.112. The number of carbonyl (C=O) groups excluding carboxylic acids is 1. The number of amides is 1. The number of benzene rings is 3. The van der Waals surface area contributed by atoms with E-state index in [1.54, 1.807) is 12.0 Å². The van der Waals surface area contributed by atoms with Gasteiger partial charge in [-0.3, -0.25) is 4.79 Å². The zero-order valence-corrected chi connectivity index (χ0v) is 16.1. The number of nitrogens with zero attached hydrogens (tertiary/aromatic N) is 2. The SMILES string of the molecule is COc1cccc2c1C(=Cc1ccc(C)cc1)C(=O)N2c1nc2ccccc2[nH]1. The van der Waals surface area contributed by atoms with Gasteiger partial charge in [-0.1, -0.05) is 48.0 Å². The Morgan fingerprint density at radius 2 is 1.79 bits per heavy atom. The summed E-state index contributed by atoms with van der Waals surface area (Å²) in [6, 6.07) is 21.5. The van der Waals surface area contributed by atoms with Crippen LogP contribution in [0.4, 0.5) is 11.6 Å². The van der Waals surface area contributed by atoms with Crippen molar-refractivity contribution in [3.8, 4) is 5.75 Å². The number of para-hydroxylation sites is 2. The van der Waals surface area contributed by atoms with E-state index in [-0.39, 0.29) is 5.91 Å². The molecule has 142 valence electrons. The van der Waals surface area contributed by atoms with Crippen molar-refractivity contribution in [1.82, 2.24) is 9.97 Å². The highest BCUT2D eigenvalue weighted by Gasteiger charge is 2.37. The molecule has 29 heavy (non-hydrogen) atoms. The zero-order chi connectivity index (χ0) is 20.0. The van der Waals surface area contributed by atoms with Crippen LogP contribution in [0.3, 0.4) is 0 Å². The van der Waals surface area contributed by atoms with E-state index < -0.39 is 0 Å². The average molecular weight is 381 g/mol. The number of aryl methyl sites for hydroxylation is 1. The van der Waals surface area contributed by atoms with E-state index in [4.69, 9.17) is 4.74 Å². The molecule has 0 saturated heterocycles. The normalized spacial score (nSPS) is 14.6. The lowest BCUT2D eigenvalue weighted by Gasteiger charge is -2.13. The zero-order valence-electron chi connectivity index (χ0n) is 16.1. The number of aromatic amines is 1. The summed E-state index contributed by atoms with van der Waals surface area (Å²) in [5.74, 6) is 1.02. The van der Waals surface area contributed by atoms with Gasteiger partial charge >= 0.3 is 0 Å². The molecule has 5 rings (SSSR count). The molecule has 0 aliphatic carbocycles. The minimum Gasteiger partial charge on any atom is -0.496 e. The molecule has 0 spiro atoms. The third kappa shape index (κ3) is 2.79. The molecule has 2 heterocycles. The van der Waals surface area contributed by atoms with Crippen molar-refractivity contribution in [1.29, 1.82) is 0 Å². The maximum Gasteiger partial charge on any atom is 0.266 e. The van der Waals surface area contributed by atoms with Crippen molar-refractivity contribution in [3.05, 3.63) is 83.4 Å². The third-order valence-electron chi connectivity index (χ3n) is 5.14. The number of carbonyl (C=O) groups is 1. The number of fused-ring (bicyclic) bond motifs is 2. The maximum absolute atomic E-state index is 13.5. The topological polar surface area (TPSA) is 58.2 Å². The van der Waals surface area contributed by atoms with Crippen molar-refractivity contribution in [2.45, 2.75) is 6.92 Å². The molecule has 0 saturated carbocycles. The van der Waals surface area contributed by atoms with Gasteiger partial charge in [-0.05, 0) is 42.8 Å². The van der Waals surface area contributed by atoms with Gasteiger partial charge in [0, 0.05) is 0 Å². The molecule has 4 aromatic rings. The van der Waals surface area contributed by atoms with Crippen molar-refractivity contribution in [2.75, 3.05) is 12.0 Å². The number of rotatable bonds is 3. The fraction of sp³-hybridized carbons (Fsp3) is 0.0833. The number of imidazole rings is 1. The van der Waals surface area contributed by atoms with Crippen LogP contribution in [0.25, 0.3) is 22.7 Å². The highest BCUT2D eigenvalue weighted by molar-refractivity contribution is 6.38. The number of aromatic nitrogens is 2. The van der Waals surface area contributed by atoms with Crippen LogP contribution in [-0.2, 0) is 4.79 Å². The first-order valence-electron chi connectivity index (χ1n) is 9.40. The highest BCUT2D eigenvalue weighted by atomic mass is 16.5. The lowest BCUT2D eigenvalue weighted by Crippen LogP contribution is -2.21. The summed E-state index contributed by atoms with van der Waals surface area (Å²) in [5, 5.41) is 0. The molecule has 1 aliphatic heterocycles. The van der Waals surface area contributed by atoms with E-state index >= 15 is 0 Å². The van der Waals surface area contributed by atoms with Gasteiger partial charge < -0.3 is 9.72 Å². The second kappa shape index (κ2) is 6.63. The molecule has 1 aromatic heterocycles. The molecule has 0 fully saturated rings. The third-order valence-corrected chi connectivity index (χ3v) is 5.14. The fourth-order valence-electron chi connectivity index (χ4n) is 3.70. The number of H-pyrrole nitrogens is 1. The summed E-state index contributed by atoms with van der Waals surface area (Å²) in [4.78, 5) is 23.0. The second-order valence-electron chi connectivity index (χ2n) is 7.04. The molecule has 0 radical (unpaired) electrons. The second-order valence-corrected chi connectivity index (χ2v) is 7.04. The van der Waals surface area contributed by atoms with E-state index in [2.05, 4.69) is 9.97 Å². The smallest absolute Gasteiger partial charge is 0.266 e. The summed E-state index contributed by atoms with van der Waals surface area (Å²) >= 11 is 0. The Bertz CT molecular complexity index is 1240. The molecule has 1 amide bonds. The molecular formula is C24H19N3O2. The molecule has 1 aliphatic rings. The number of anilines is 2. The molecule has 0 bridgehead atoms. The predicted molar refractivity (Wildman–Crippen MR) is 115 cm³/mol. The van der Waals surface area contributed by atoms with Crippen LogP contribution in [0.15, 0.2) is 66.7 Å². The molecule has 1 N–H and O–H groups in total. The molecule has 0 unspecified atom stereocenters. The minimum absolute atomic E-state index is 0.135. The molecule has 5 heteroatoms. The van der Waals surface area contributed by atoms with E-state index in [9.17, 15) is 4.79 Å². The number of nitrogens with one attached hydrogen (secondary N) is 1. The Hall–Kier alpha value is -3.86. The lowest BCUT2D eigenvalue weighted by atomic mass is 10.0. The minimum atomic E-state index is -0.135. The van der Waals surface area contributed by atoms with Gasteiger partial charge in [0.15, 0.2) is 0 Å². The van der Waals surface area contributed by atoms with Gasteiger partial charge in [0.2, 0.25) is 5.95 Å². The Morgan fingerprint density at radius 3 is 2.55 bits per heavy atom. The summed E-state index contributed by atoms with van der Waals surface area (Å²) < 4.78 is 5.59. The first kappa shape index (κ1) is 17.3. The molecular weight excluding hydrogens is 362 g/mol. The summed E-state index contributed by atoms with van der Waals surface area (Å²) in [7, 11) is 1.62. The number of methoxy groups -OCH3 is 1. The van der Waals surface area contributed by atoms with Crippen molar-refractivity contribution in [2.24, 2.45) is 0 Å². The Morgan fingerprint density at radius 1 is 1.00 bits per heavy atom. The van der Waals surface area contributed by atoms with Crippen LogP contribution in [0.5, 0.6) is 5.75 Å². The quantitative estimate of drug-likeness (QED) is 0.502. The van der Waals surface area contributed by atoms with Crippen molar-refractivity contribution in [3.63, 3.8) is 0 Å². The van der Waals surface area contributed by atoms with Crippen LogP contribution in [0.2, 0.25) is 0 Å². The van der Waals surface area contributed by atoms with E-state index in [1.807, 2.05) is 79.7 Å². The van der Waals surface area contributed by atoms with Gasteiger partial charge in [0.1, 0.15) is 5.75 Å². The van der Waals surface area contributed by atoms with Crippen LogP contribution in [-0.4, -0.2) is 23.0 Å². The van der Waals surface area contributed by atoms with E-state index in [0.717, 1.165) is 27.8 Å². The van der Waals surface area contributed by atoms with Crippen LogP contribution in [0.1, 0.15) is 16.7 Å². The molecule has 3 aromatic carbocycles. The van der Waals surface area contributed by atoms with Gasteiger partial charge in [-0.25, -0.2) is 9.88 Å². The number of hydrogen-bond donors (Lipinski definition) is 1. The maximum atomic E-state index is 13.5. The monoisotopic (exact) mass is 381 g/mol. The first-order chi connectivity index (χ1) is 14.2. The molecule has 0 atom stereocenters. The first-order valence-corrected chi connectivity index (χ1v) is 9.40. The van der Waals surface area contributed by atoms with Crippen molar-refractivity contribution >= 4 is 40.2 Å². The van der Waals surface area contributed by atoms with Crippen molar-refractivity contribution < 1.29 is 9.53 Å². The summed E-state index contributed by atoms with van der Waals surface area (Å²) in [6.45, 7) is 2.04. The summed E-state index contributed by atoms with van der Waals surface area (Å²) in [6.07, 6.45) is 1.91. The Balaban J connectivity index is 1.70. The van der Waals surface area contributed by atoms with E-state index in [0.29, 0.717) is 17.3 Å². The number of ether oxygens (including phenoxy) is 1. The summed E-state index contributed by atoms with van der Waals surface area (Å²) in [5.41, 5.74) is 5.95. The van der Waals surface area contributed by atoms with Gasteiger partial charge in [0.05, 0.1) is 35.0 Å². The molecule has 5 nitrogen and oxygen atoms in total. The average Bonchev–Trinajstić information content (AvgIpc) is 3.28.